The van der Waals surface area contributed by atoms with Crippen LogP contribution in [0.15, 0.2) is 48.5 Å². The Kier molecular flexibility index (Phi) is 5.63. The molecule has 1 atom stereocenters. The molecule has 0 aromatic heterocycles. The maximum Gasteiger partial charge on any atom is 0.313 e. The maximum absolute atomic E-state index is 12.3. The topological polar surface area (TPSA) is 99.4 Å². The first-order chi connectivity index (χ1) is 12.3. The summed E-state index contributed by atoms with van der Waals surface area (Å²) in [5.41, 5.74) is 0.506. The third-order valence-corrected chi connectivity index (χ3v) is 4.09. The second kappa shape index (κ2) is 7.70. The molecule has 26 heavy (non-hydrogen) atoms. The molecule has 2 aromatic carbocycles. The number of carbonyl (C=O) groups is 2. The number of amides is 1. The molecule has 0 spiro atoms. The van der Waals surface area contributed by atoms with Crippen LogP contribution in [0, 0.1) is 11.3 Å². The normalized spacial score (nSPS) is 11.9. The van der Waals surface area contributed by atoms with E-state index in [1.54, 1.807) is 69.3 Å². The number of rotatable bonds is 6. The maximum atomic E-state index is 12.3. The van der Waals surface area contributed by atoms with E-state index in [4.69, 9.17) is 10.00 Å². The van der Waals surface area contributed by atoms with E-state index in [0.717, 1.165) is 0 Å². The van der Waals surface area contributed by atoms with Crippen molar-refractivity contribution < 1.29 is 19.4 Å². The number of para-hydroxylation sites is 1. The zero-order valence-electron chi connectivity index (χ0n) is 14.8. The van der Waals surface area contributed by atoms with Gasteiger partial charge in [-0.25, -0.2) is 0 Å². The van der Waals surface area contributed by atoms with Crippen LogP contribution in [0.1, 0.15) is 31.9 Å². The van der Waals surface area contributed by atoms with Crippen molar-refractivity contribution in [1.29, 1.82) is 5.26 Å². The number of anilines is 1. The van der Waals surface area contributed by atoms with Gasteiger partial charge in [-0.15, -0.1) is 0 Å². The Morgan fingerprint density at radius 1 is 1.15 bits per heavy atom. The van der Waals surface area contributed by atoms with E-state index in [-0.39, 0.29) is 5.91 Å². The lowest BCUT2D eigenvalue weighted by molar-refractivity contribution is -0.142. The second-order valence-corrected chi connectivity index (χ2v) is 6.36. The molecule has 134 valence electrons. The van der Waals surface area contributed by atoms with Crippen molar-refractivity contribution in [2.24, 2.45) is 0 Å². The Balaban J connectivity index is 2.05. The van der Waals surface area contributed by atoms with Gasteiger partial charge in [-0.1, -0.05) is 24.3 Å². The van der Waals surface area contributed by atoms with E-state index in [0.29, 0.717) is 22.6 Å². The Morgan fingerprint density at radius 3 is 2.35 bits per heavy atom. The summed E-state index contributed by atoms with van der Waals surface area (Å²) in [6.07, 6.45) is -0.806. The molecule has 0 saturated heterocycles. The summed E-state index contributed by atoms with van der Waals surface area (Å²) in [5.74, 6) is -0.952. The summed E-state index contributed by atoms with van der Waals surface area (Å²) in [7, 11) is 0. The predicted molar refractivity (Wildman–Crippen MR) is 97.0 cm³/mol. The van der Waals surface area contributed by atoms with Crippen LogP contribution in [0.4, 0.5) is 5.69 Å². The molecular weight excluding hydrogens is 332 g/mol. The molecule has 0 aliphatic carbocycles. The average molecular weight is 352 g/mol. The van der Waals surface area contributed by atoms with Crippen LogP contribution in [-0.4, -0.2) is 23.1 Å². The molecule has 2 aromatic rings. The van der Waals surface area contributed by atoms with Crippen LogP contribution < -0.4 is 10.1 Å². The van der Waals surface area contributed by atoms with Gasteiger partial charge in [-0.3, -0.25) is 9.59 Å². The molecule has 0 saturated carbocycles. The molecule has 6 heteroatoms. The van der Waals surface area contributed by atoms with E-state index in [9.17, 15) is 14.7 Å². The zero-order chi connectivity index (χ0) is 19.3. The van der Waals surface area contributed by atoms with Crippen LogP contribution in [-0.2, 0) is 15.0 Å². The van der Waals surface area contributed by atoms with Crippen LogP contribution in [0.3, 0.4) is 0 Å². The van der Waals surface area contributed by atoms with E-state index in [1.807, 2.05) is 6.07 Å². The predicted octanol–water partition coefficient (Wildman–Crippen LogP) is 3.33. The van der Waals surface area contributed by atoms with Gasteiger partial charge in [0, 0.05) is 5.69 Å². The summed E-state index contributed by atoms with van der Waals surface area (Å²) < 4.78 is 5.57. The SMILES string of the molecule is CC(Oc1ccccc1C#N)C(=O)Nc1ccc(C(C)(C)C(=O)O)cc1. The first kappa shape index (κ1) is 19.0. The number of aliphatic carboxylic acids is 1. The van der Waals surface area contributed by atoms with Crippen LogP contribution in [0.2, 0.25) is 0 Å². The molecule has 0 fully saturated rings. The van der Waals surface area contributed by atoms with E-state index in [1.165, 1.54) is 0 Å². The lowest BCUT2D eigenvalue weighted by atomic mass is 9.85. The molecule has 0 radical (unpaired) electrons. The number of benzene rings is 2. The van der Waals surface area contributed by atoms with Crippen molar-refractivity contribution >= 4 is 17.6 Å². The third kappa shape index (κ3) is 4.19. The monoisotopic (exact) mass is 352 g/mol. The van der Waals surface area contributed by atoms with Crippen molar-refractivity contribution in [3.05, 3.63) is 59.7 Å². The summed E-state index contributed by atoms with van der Waals surface area (Å²) >= 11 is 0. The zero-order valence-corrected chi connectivity index (χ0v) is 14.8. The number of hydrogen-bond acceptors (Lipinski definition) is 4. The minimum absolute atomic E-state index is 0.344. The van der Waals surface area contributed by atoms with Crippen molar-refractivity contribution in [2.75, 3.05) is 5.32 Å². The smallest absolute Gasteiger partial charge is 0.313 e. The van der Waals surface area contributed by atoms with Gasteiger partial charge in [0.1, 0.15) is 11.8 Å². The third-order valence-electron chi connectivity index (χ3n) is 4.09. The van der Waals surface area contributed by atoms with Crippen molar-refractivity contribution in [3.63, 3.8) is 0 Å². The number of carboxylic acids is 1. The largest absolute Gasteiger partial charge is 0.481 e. The highest BCUT2D eigenvalue weighted by atomic mass is 16.5. The number of nitrogens with one attached hydrogen (secondary N) is 1. The average Bonchev–Trinajstić information content (AvgIpc) is 2.62. The Hall–Kier alpha value is -3.33. The Morgan fingerprint density at radius 2 is 1.77 bits per heavy atom. The van der Waals surface area contributed by atoms with E-state index in [2.05, 4.69) is 5.32 Å². The highest BCUT2D eigenvalue weighted by Gasteiger charge is 2.29. The molecule has 0 heterocycles. The first-order valence-electron chi connectivity index (χ1n) is 8.06. The number of carbonyl (C=O) groups excluding carboxylic acids is 1. The summed E-state index contributed by atoms with van der Waals surface area (Å²) in [6, 6.07) is 15.3. The number of carboxylic acid groups (broad SMARTS) is 1. The lowest BCUT2D eigenvalue weighted by Gasteiger charge is -2.20. The van der Waals surface area contributed by atoms with Crippen molar-refractivity contribution in [3.8, 4) is 11.8 Å². The fraction of sp³-hybridized carbons (Fsp3) is 0.250. The Bertz CT molecular complexity index is 851. The number of nitriles is 1. The number of ether oxygens (including phenoxy) is 1. The molecule has 2 N–H and O–H groups in total. The first-order valence-corrected chi connectivity index (χ1v) is 8.06. The van der Waals surface area contributed by atoms with Gasteiger partial charge in [-0.05, 0) is 50.6 Å². The van der Waals surface area contributed by atoms with E-state index < -0.39 is 17.5 Å². The Labute approximate surface area is 152 Å². The highest BCUT2D eigenvalue weighted by Crippen LogP contribution is 2.25. The standard InChI is InChI=1S/C20H20N2O4/c1-13(26-17-7-5-4-6-14(17)12-21)18(23)22-16-10-8-15(9-11-16)20(2,3)19(24)25/h4-11,13H,1-3H3,(H,22,23)(H,24,25). The fourth-order valence-electron chi connectivity index (χ4n) is 2.24. The van der Waals surface area contributed by atoms with Gasteiger partial charge in [0.05, 0.1) is 11.0 Å². The van der Waals surface area contributed by atoms with Gasteiger partial charge >= 0.3 is 5.97 Å². The number of nitrogens with zero attached hydrogens (tertiary/aromatic N) is 1. The van der Waals surface area contributed by atoms with Gasteiger partial charge in [-0.2, -0.15) is 5.26 Å². The number of hydrogen-bond donors (Lipinski definition) is 2. The fourth-order valence-corrected chi connectivity index (χ4v) is 2.24. The molecule has 2 rings (SSSR count). The molecule has 0 aliphatic rings. The molecule has 0 bridgehead atoms. The highest BCUT2D eigenvalue weighted by molar-refractivity contribution is 5.94. The van der Waals surface area contributed by atoms with E-state index >= 15 is 0 Å². The van der Waals surface area contributed by atoms with Gasteiger partial charge < -0.3 is 15.2 Å². The van der Waals surface area contributed by atoms with Crippen molar-refractivity contribution in [1.82, 2.24) is 0 Å². The van der Waals surface area contributed by atoms with Crippen LogP contribution >= 0.6 is 0 Å². The van der Waals surface area contributed by atoms with Crippen LogP contribution in [0.25, 0.3) is 0 Å². The molecule has 6 nitrogen and oxygen atoms in total. The lowest BCUT2D eigenvalue weighted by Crippen LogP contribution is -2.30. The second-order valence-electron chi connectivity index (χ2n) is 6.36. The minimum Gasteiger partial charge on any atom is -0.481 e. The molecule has 1 unspecified atom stereocenters. The summed E-state index contributed by atoms with van der Waals surface area (Å²) in [6.45, 7) is 4.82. The van der Waals surface area contributed by atoms with Crippen LogP contribution in [0.5, 0.6) is 5.75 Å². The van der Waals surface area contributed by atoms with Crippen molar-refractivity contribution in [2.45, 2.75) is 32.3 Å². The quantitative estimate of drug-likeness (QED) is 0.831. The molecular formula is C20H20N2O4. The van der Waals surface area contributed by atoms with Gasteiger partial charge in [0.2, 0.25) is 0 Å². The van der Waals surface area contributed by atoms with Gasteiger partial charge in [0.15, 0.2) is 6.10 Å². The van der Waals surface area contributed by atoms with Gasteiger partial charge in [0.25, 0.3) is 5.91 Å². The molecule has 0 aliphatic heterocycles. The summed E-state index contributed by atoms with van der Waals surface area (Å²) in [4.78, 5) is 23.6. The molecule has 1 amide bonds. The minimum atomic E-state index is -1.01. The summed E-state index contributed by atoms with van der Waals surface area (Å²) in [5, 5.41) is 21.0.